The summed E-state index contributed by atoms with van der Waals surface area (Å²) in [5.41, 5.74) is -0.553. The van der Waals surface area contributed by atoms with Crippen molar-refractivity contribution in [3.8, 4) is 0 Å². The highest BCUT2D eigenvalue weighted by atomic mass is 16.6. The fourth-order valence-electron chi connectivity index (χ4n) is 1.59. The van der Waals surface area contributed by atoms with Crippen LogP contribution in [-0.4, -0.2) is 30.1 Å². The summed E-state index contributed by atoms with van der Waals surface area (Å²) < 4.78 is 10.4. The van der Waals surface area contributed by atoms with Gasteiger partial charge in [0.05, 0.1) is 0 Å². The quantitative estimate of drug-likeness (QED) is 0.545. The Labute approximate surface area is 96.3 Å². The Kier molecular flexibility index (Phi) is 4.08. The molecule has 0 aromatic heterocycles. The van der Waals surface area contributed by atoms with Gasteiger partial charge in [0.2, 0.25) is 0 Å². The molecule has 0 saturated carbocycles. The van der Waals surface area contributed by atoms with Gasteiger partial charge in [-0.15, -0.1) is 0 Å². The molecule has 2 unspecified atom stereocenters. The molecule has 2 atom stereocenters. The van der Waals surface area contributed by atoms with E-state index in [0.717, 1.165) is 6.42 Å². The Morgan fingerprint density at radius 1 is 1.38 bits per heavy atom. The zero-order valence-electron chi connectivity index (χ0n) is 10.4. The minimum atomic E-state index is -0.734. The molecule has 1 aliphatic rings. The van der Waals surface area contributed by atoms with Crippen molar-refractivity contribution in [2.75, 3.05) is 6.61 Å². The van der Waals surface area contributed by atoms with Crippen LogP contribution in [0.4, 0.5) is 0 Å². The molecule has 0 aliphatic carbocycles. The van der Waals surface area contributed by atoms with Crippen LogP contribution in [0.5, 0.6) is 0 Å². The average Bonchev–Trinajstić information content (AvgIpc) is 2.65. The number of esters is 1. The Balaban J connectivity index is 2.52. The van der Waals surface area contributed by atoms with Gasteiger partial charge in [-0.1, -0.05) is 0 Å². The highest BCUT2D eigenvalue weighted by molar-refractivity contribution is 6.01. The second kappa shape index (κ2) is 4.95. The van der Waals surface area contributed by atoms with Crippen molar-refractivity contribution >= 4 is 11.8 Å². The van der Waals surface area contributed by atoms with Gasteiger partial charge in [-0.05, 0) is 40.5 Å². The standard InChI is InChI=1S/C12H20O4/c1-8(11(14)16-12(2,3)4)10(13)9-6-5-7-15-9/h8-9H,5-7H2,1-4H3. The van der Waals surface area contributed by atoms with Gasteiger partial charge >= 0.3 is 5.97 Å². The van der Waals surface area contributed by atoms with Crippen LogP contribution >= 0.6 is 0 Å². The summed E-state index contributed by atoms with van der Waals surface area (Å²) in [4.78, 5) is 23.5. The smallest absolute Gasteiger partial charge is 0.316 e. The van der Waals surface area contributed by atoms with E-state index in [1.54, 1.807) is 27.7 Å². The molecule has 0 amide bonds. The van der Waals surface area contributed by atoms with Gasteiger partial charge in [-0.25, -0.2) is 0 Å². The SMILES string of the molecule is CC(C(=O)OC(C)(C)C)C(=O)C1CCCO1. The second-order valence-corrected chi connectivity index (χ2v) is 5.16. The van der Waals surface area contributed by atoms with Gasteiger partial charge in [0, 0.05) is 6.61 Å². The summed E-state index contributed by atoms with van der Waals surface area (Å²) in [5.74, 6) is -1.36. The molecule has 0 aromatic carbocycles. The van der Waals surface area contributed by atoms with Crippen LogP contribution in [0.1, 0.15) is 40.5 Å². The van der Waals surface area contributed by atoms with Crippen molar-refractivity contribution in [2.24, 2.45) is 5.92 Å². The Morgan fingerprint density at radius 2 is 2.00 bits per heavy atom. The number of rotatable bonds is 3. The van der Waals surface area contributed by atoms with Gasteiger partial charge in [0.1, 0.15) is 17.6 Å². The lowest BCUT2D eigenvalue weighted by atomic mass is 10.00. The maximum absolute atomic E-state index is 11.8. The molecule has 1 heterocycles. The van der Waals surface area contributed by atoms with E-state index in [1.165, 1.54) is 0 Å². The lowest BCUT2D eigenvalue weighted by Gasteiger charge is -2.22. The molecule has 4 nitrogen and oxygen atoms in total. The zero-order chi connectivity index (χ0) is 12.3. The summed E-state index contributed by atoms with van der Waals surface area (Å²) in [6.45, 7) is 7.55. The molecule has 1 aliphatic heterocycles. The minimum Gasteiger partial charge on any atom is -0.459 e. The third kappa shape index (κ3) is 3.59. The molecule has 92 valence electrons. The van der Waals surface area contributed by atoms with Gasteiger partial charge in [-0.2, -0.15) is 0 Å². The van der Waals surface area contributed by atoms with Crippen LogP contribution in [0.2, 0.25) is 0 Å². The van der Waals surface area contributed by atoms with E-state index in [-0.39, 0.29) is 5.78 Å². The predicted molar refractivity (Wildman–Crippen MR) is 59.0 cm³/mol. The number of carbonyl (C=O) groups is 2. The summed E-state index contributed by atoms with van der Waals surface area (Å²) in [6.07, 6.45) is 1.19. The molecule has 1 rings (SSSR count). The van der Waals surface area contributed by atoms with Crippen molar-refractivity contribution in [1.82, 2.24) is 0 Å². The van der Waals surface area contributed by atoms with Crippen LogP contribution < -0.4 is 0 Å². The van der Waals surface area contributed by atoms with E-state index in [2.05, 4.69) is 0 Å². The first-order valence-corrected chi connectivity index (χ1v) is 5.69. The molecule has 1 fully saturated rings. The molecule has 0 spiro atoms. The largest absolute Gasteiger partial charge is 0.459 e. The van der Waals surface area contributed by atoms with Crippen LogP contribution in [0.15, 0.2) is 0 Å². The molecule has 0 bridgehead atoms. The number of ether oxygens (including phenoxy) is 2. The fraction of sp³-hybridized carbons (Fsp3) is 0.833. The molecule has 0 radical (unpaired) electrons. The maximum Gasteiger partial charge on any atom is 0.316 e. The van der Waals surface area contributed by atoms with Gasteiger partial charge in [0.25, 0.3) is 0 Å². The molecule has 1 saturated heterocycles. The van der Waals surface area contributed by atoms with E-state index < -0.39 is 23.6 Å². The Morgan fingerprint density at radius 3 is 2.44 bits per heavy atom. The van der Waals surface area contributed by atoms with Gasteiger partial charge in [-0.3, -0.25) is 9.59 Å². The molecule has 4 heteroatoms. The topological polar surface area (TPSA) is 52.6 Å². The minimum absolute atomic E-state index is 0.160. The van der Waals surface area contributed by atoms with Gasteiger partial charge < -0.3 is 9.47 Å². The number of hydrogen-bond donors (Lipinski definition) is 0. The van der Waals surface area contributed by atoms with Crippen molar-refractivity contribution in [3.05, 3.63) is 0 Å². The van der Waals surface area contributed by atoms with Crippen molar-refractivity contribution in [3.63, 3.8) is 0 Å². The number of carbonyl (C=O) groups excluding carboxylic acids is 2. The molecule has 0 aromatic rings. The third-order valence-electron chi connectivity index (χ3n) is 2.43. The highest BCUT2D eigenvalue weighted by Crippen LogP contribution is 2.19. The highest BCUT2D eigenvalue weighted by Gasteiger charge is 2.33. The Bertz CT molecular complexity index is 271. The third-order valence-corrected chi connectivity index (χ3v) is 2.43. The second-order valence-electron chi connectivity index (χ2n) is 5.16. The van der Waals surface area contributed by atoms with E-state index in [0.29, 0.717) is 13.0 Å². The van der Waals surface area contributed by atoms with Crippen molar-refractivity contribution < 1.29 is 19.1 Å². The molecular formula is C12H20O4. The first-order chi connectivity index (χ1) is 7.31. The van der Waals surface area contributed by atoms with E-state index in [1.807, 2.05) is 0 Å². The summed E-state index contributed by atoms with van der Waals surface area (Å²) >= 11 is 0. The predicted octanol–water partition coefficient (Wildman–Crippen LogP) is 1.71. The van der Waals surface area contributed by atoms with Crippen LogP contribution in [0.3, 0.4) is 0 Å². The summed E-state index contributed by atoms with van der Waals surface area (Å²) in [5, 5.41) is 0. The average molecular weight is 228 g/mol. The first kappa shape index (κ1) is 13.2. The number of ketones is 1. The molecular weight excluding hydrogens is 208 g/mol. The number of Topliss-reactive ketones (excluding diaryl/α,β-unsaturated/α-hetero) is 1. The lowest BCUT2D eigenvalue weighted by Crippen LogP contribution is -2.35. The van der Waals surface area contributed by atoms with E-state index in [9.17, 15) is 9.59 Å². The van der Waals surface area contributed by atoms with Crippen molar-refractivity contribution in [1.29, 1.82) is 0 Å². The van der Waals surface area contributed by atoms with E-state index in [4.69, 9.17) is 9.47 Å². The molecule has 16 heavy (non-hydrogen) atoms. The number of hydrogen-bond acceptors (Lipinski definition) is 4. The van der Waals surface area contributed by atoms with Crippen molar-refractivity contribution in [2.45, 2.75) is 52.2 Å². The normalized spacial score (nSPS) is 22.9. The van der Waals surface area contributed by atoms with Crippen LogP contribution in [-0.2, 0) is 19.1 Å². The summed E-state index contributed by atoms with van der Waals surface area (Å²) in [6, 6.07) is 0. The van der Waals surface area contributed by atoms with Crippen LogP contribution in [0, 0.1) is 5.92 Å². The van der Waals surface area contributed by atoms with Gasteiger partial charge in [0.15, 0.2) is 5.78 Å². The monoisotopic (exact) mass is 228 g/mol. The maximum atomic E-state index is 11.8. The first-order valence-electron chi connectivity index (χ1n) is 5.69. The zero-order valence-corrected chi connectivity index (χ0v) is 10.4. The molecule has 0 N–H and O–H groups in total. The van der Waals surface area contributed by atoms with E-state index >= 15 is 0 Å². The lowest BCUT2D eigenvalue weighted by molar-refractivity contribution is -0.163. The fourth-order valence-corrected chi connectivity index (χ4v) is 1.59. The van der Waals surface area contributed by atoms with Crippen LogP contribution in [0.25, 0.3) is 0 Å². The summed E-state index contributed by atoms with van der Waals surface area (Å²) in [7, 11) is 0. The Hall–Kier alpha value is -0.900.